The average molecular weight is 394 g/mol. The molecule has 2 aromatic carbocycles. The standard InChI is InChI=1S/C24H26O5/c25-23-19-11-13-20(14-12-19)24-28-17-22(29-24)21(10-6-1-2-7-15-26-23)27-16-18-8-4-3-5-9-18/h1,3-6,8-9,11-14,21-22,24H,2,7,10,15-17H2/b6-1+/t21-,22+,24-/m0/s1. The van der Waals surface area contributed by atoms with Crippen molar-refractivity contribution in [1.29, 1.82) is 0 Å². The van der Waals surface area contributed by atoms with Gasteiger partial charge in [-0.25, -0.2) is 4.79 Å². The number of allylic oxidation sites excluding steroid dienone is 1. The molecule has 0 N–H and O–H groups in total. The first-order valence-electron chi connectivity index (χ1n) is 10.1. The van der Waals surface area contributed by atoms with E-state index >= 15 is 0 Å². The molecule has 0 aromatic heterocycles. The Hall–Kier alpha value is -2.47. The fourth-order valence-electron chi connectivity index (χ4n) is 3.47. The van der Waals surface area contributed by atoms with Crippen LogP contribution in [0.25, 0.3) is 0 Å². The van der Waals surface area contributed by atoms with Crippen LogP contribution in [0.5, 0.6) is 0 Å². The van der Waals surface area contributed by atoms with Crippen LogP contribution in [0, 0.1) is 0 Å². The van der Waals surface area contributed by atoms with Crippen molar-refractivity contribution in [3.63, 3.8) is 0 Å². The van der Waals surface area contributed by atoms with E-state index in [0.717, 1.165) is 30.4 Å². The fraction of sp³-hybridized carbons (Fsp3) is 0.375. The van der Waals surface area contributed by atoms with E-state index in [4.69, 9.17) is 18.9 Å². The minimum absolute atomic E-state index is 0.0959. The Morgan fingerprint density at radius 1 is 1.00 bits per heavy atom. The van der Waals surface area contributed by atoms with E-state index in [1.165, 1.54) is 0 Å². The highest BCUT2D eigenvalue weighted by Crippen LogP contribution is 2.30. The summed E-state index contributed by atoms with van der Waals surface area (Å²) < 4.78 is 23.6. The third kappa shape index (κ3) is 5.32. The van der Waals surface area contributed by atoms with Gasteiger partial charge in [-0.3, -0.25) is 0 Å². The summed E-state index contributed by atoms with van der Waals surface area (Å²) in [7, 11) is 0. The molecular formula is C24H26O5. The van der Waals surface area contributed by atoms with Gasteiger partial charge in [0, 0.05) is 5.56 Å². The minimum Gasteiger partial charge on any atom is -0.462 e. The normalized spacial score (nSPS) is 26.2. The Balaban J connectivity index is 1.48. The second kappa shape index (κ2) is 9.83. The van der Waals surface area contributed by atoms with Gasteiger partial charge in [0.25, 0.3) is 0 Å². The van der Waals surface area contributed by atoms with Crippen molar-refractivity contribution < 1.29 is 23.7 Å². The maximum atomic E-state index is 12.1. The Bertz CT molecular complexity index is 815. The second-order valence-electron chi connectivity index (χ2n) is 7.28. The first-order valence-corrected chi connectivity index (χ1v) is 10.1. The molecule has 152 valence electrons. The van der Waals surface area contributed by atoms with Crippen LogP contribution in [0.1, 0.15) is 47.0 Å². The fourth-order valence-corrected chi connectivity index (χ4v) is 3.47. The summed E-state index contributed by atoms with van der Waals surface area (Å²) in [6, 6.07) is 17.4. The maximum absolute atomic E-state index is 12.1. The molecule has 0 unspecified atom stereocenters. The number of rotatable bonds is 3. The zero-order valence-corrected chi connectivity index (χ0v) is 16.4. The number of benzene rings is 2. The molecule has 0 radical (unpaired) electrons. The minimum atomic E-state index is -0.454. The summed E-state index contributed by atoms with van der Waals surface area (Å²) in [5.74, 6) is -0.298. The number of ether oxygens (including phenoxy) is 4. The van der Waals surface area contributed by atoms with Crippen LogP contribution in [0.4, 0.5) is 0 Å². The van der Waals surface area contributed by atoms with Gasteiger partial charge in [-0.1, -0.05) is 54.6 Å². The van der Waals surface area contributed by atoms with E-state index < -0.39 is 6.29 Å². The molecule has 2 aromatic rings. The molecule has 5 rings (SSSR count). The van der Waals surface area contributed by atoms with E-state index in [1.54, 1.807) is 12.1 Å². The third-order valence-corrected chi connectivity index (χ3v) is 5.13. The topological polar surface area (TPSA) is 54.0 Å². The van der Waals surface area contributed by atoms with E-state index in [-0.39, 0.29) is 18.2 Å². The lowest BCUT2D eigenvalue weighted by Gasteiger charge is -2.22. The average Bonchev–Trinajstić information content (AvgIpc) is 3.25. The largest absolute Gasteiger partial charge is 0.462 e. The smallest absolute Gasteiger partial charge is 0.338 e. The van der Waals surface area contributed by atoms with Gasteiger partial charge < -0.3 is 18.9 Å². The Morgan fingerprint density at radius 2 is 1.83 bits per heavy atom. The van der Waals surface area contributed by atoms with Gasteiger partial charge in [0.15, 0.2) is 6.29 Å². The number of carbonyl (C=O) groups excluding carboxylic acids is 1. The number of esters is 1. The van der Waals surface area contributed by atoms with Crippen molar-refractivity contribution in [3.8, 4) is 0 Å². The van der Waals surface area contributed by atoms with Crippen molar-refractivity contribution in [1.82, 2.24) is 0 Å². The number of hydrogen-bond acceptors (Lipinski definition) is 5. The van der Waals surface area contributed by atoms with Crippen molar-refractivity contribution in [2.75, 3.05) is 13.2 Å². The number of fused-ring (bicyclic) bond motifs is 9. The van der Waals surface area contributed by atoms with Gasteiger partial charge in [0.1, 0.15) is 6.10 Å². The molecule has 1 fully saturated rings. The summed E-state index contributed by atoms with van der Waals surface area (Å²) in [6.45, 7) is 1.42. The van der Waals surface area contributed by atoms with Gasteiger partial charge in [0.05, 0.1) is 31.5 Å². The number of carbonyl (C=O) groups is 1. The Morgan fingerprint density at radius 3 is 2.66 bits per heavy atom. The van der Waals surface area contributed by atoms with Crippen molar-refractivity contribution in [3.05, 3.63) is 83.4 Å². The summed E-state index contributed by atoms with van der Waals surface area (Å²) in [6.07, 6.45) is 5.92. The van der Waals surface area contributed by atoms with E-state index in [2.05, 4.69) is 24.3 Å². The van der Waals surface area contributed by atoms with Crippen LogP contribution in [-0.4, -0.2) is 31.4 Å². The van der Waals surface area contributed by atoms with Gasteiger partial charge in [-0.2, -0.15) is 0 Å². The summed E-state index contributed by atoms with van der Waals surface area (Å²) in [5, 5.41) is 0. The van der Waals surface area contributed by atoms with Gasteiger partial charge in [0.2, 0.25) is 0 Å². The van der Waals surface area contributed by atoms with Crippen LogP contribution >= 0.6 is 0 Å². The molecule has 5 nitrogen and oxygen atoms in total. The predicted molar refractivity (Wildman–Crippen MR) is 108 cm³/mol. The van der Waals surface area contributed by atoms with Crippen molar-refractivity contribution in [2.24, 2.45) is 0 Å². The lowest BCUT2D eigenvalue weighted by atomic mass is 10.1. The quantitative estimate of drug-likeness (QED) is 0.563. The lowest BCUT2D eigenvalue weighted by Crippen LogP contribution is -2.30. The third-order valence-electron chi connectivity index (χ3n) is 5.13. The highest BCUT2D eigenvalue weighted by Gasteiger charge is 2.33. The predicted octanol–water partition coefficient (Wildman–Crippen LogP) is 4.58. The summed E-state index contributed by atoms with van der Waals surface area (Å²) >= 11 is 0. The van der Waals surface area contributed by atoms with Crippen LogP contribution in [0.15, 0.2) is 66.7 Å². The molecule has 3 atom stereocenters. The second-order valence-corrected chi connectivity index (χ2v) is 7.28. The first kappa shape index (κ1) is 19.8. The van der Waals surface area contributed by atoms with E-state index in [0.29, 0.717) is 25.4 Å². The lowest BCUT2D eigenvalue weighted by molar-refractivity contribution is -0.0997. The zero-order chi connectivity index (χ0) is 19.9. The Kier molecular flexibility index (Phi) is 6.72. The van der Waals surface area contributed by atoms with Crippen LogP contribution in [-0.2, 0) is 25.6 Å². The van der Waals surface area contributed by atoms with Crippen LogP contribution in [0.2, 0.25) is 0 Å². The molecule has 4 bridgehead atoms. The van der Waals surface area contributed by atoms with Gasteiger partial charge in [-0.15, -0.1) is 0 Å². The zero-order valence-electron chi connectivity index (χ0n) is 16.4. The summed E-state index contributed by atoms with van der Waals surface area (Å²) in [5.41, 5.74) is 2.56. The van der Waals surface area contributed by atoms with Gasteiger partial charge >= 0.3 is 5.97 Å². The molecule has 0 amide bonds. The molecule has 0 aliphatic carbocycles. The van der Waals surface area contributed by atoms with Crippen molar-refractivity contribution >= 4 is 5.97 Å². The van der Waals surface area contributed by atoms with E-state index in [1.807, 2.05) is 30.3 Å². The van der Waals surface area contributed by atoms with E-state index in [9.17, 15) is 4.79 Å². The number of hydrogen-bond donors (Lipinski definition) is 0. The maximum Gasteiger partial charge on any atom is 0.338 e. The first-order chi connectivity index (χ1) is 14.3. The monoisotopic (exact) mass is 394 g/mol. The molecule has 5 heteroatoms. The van der Waals surface area contributed by atoms with Gasteiger partial charge in [-0.05, 0) is 37.0 Å². The molecule has 0 saturated carbocycles. The van der Waals surface area contributed by atoms with Crippen LogP contribution < -0.4 is 0 Å². The molecule has 3 heterocycles. The molecule has 3 aliphatic rings. The van der Waals surface area contributed by atoms with Crippen LogP contribution in [0.3, 0.4) is 0 Å². The summed E-state index contributed by atoms with van der Waals surface area (Å²) in [4.78, 5) is 12.1. The molecule has 1 saturated heterocycles. The molecule has 3 aliphatic heterocycles. The molecular weight excluding hydrogens is 368 g/mol. The SMILES string of the molecule is O=C1OCCC/C=C/C[C@H](OCc2ccccc2)[C@H]2CO[C@@H](O2)c2ccc1cc2. The molecule has 29 heavy (non-hydrogen) atoms. The van der Waals surface area contributed by atoms with Crippen molar-refractivity contribution in [2.45, 2.75) is 44.4 Å². The molecule has 0 spiro atoms. The highest BCUT2D eigenvalue weighted by atomic mass is 16.7. The Labute approximate surface area is 171 Å². The highest BCUT2D eigenvalue weighted by molar-refractivity contribution is 5.89.